The molecular weight excluding hydrogens is 530 g/mol. The Morgan fingerprint density at radius 1 is 0.951 bits per heavy atom. The molecule has 1 atom stereocenters. The van der Waals surface area contributed by atoms with Crippen LogP contribution < -0.4 is 4.74 Å². The van der Waals surface area contributed by atoms with Crippen LogP contribution in [0.25, 0.3) is 11.0 Å². The molecule has 0 radical (unpaired) electrons. The topological polar surface area (TPSA) is 97.6 Å². The number of amides is 1. The van der Waals surface area contributed by atoms with Gasteiger partial charge in [-0.15, -0.1) is 5.10 Å². The summed E-state index contributed by atoms with van der Waals surface area (Å²) in [5, 5.41) is 18.4. The number of carboxylic acids is 1. The van der Waals surface area contributed by atoms with Crippen molar-refractivity contribution < 1.29 is 28.2 Å². The largest absolute Gasteiger partial charge is 0.493 e. The van der Waals surface area contributed by atoms with E-state index < -0.39 is 35.0 Å². The summed E-state index contributed by atoms with van der Waals surface area (Å²) in [5.41, 5.74) is 4.41. The van der Waals surface area contributed by atoms with Gasteiger partial charge in [-0.25, -0.2) is 13.5 Å². The summed E-state index contributed by atoms with van der Waals surface area (Å²) in [5.74, 6) is -3.97. The second kappa shape index (κ2) is 11.3. The van der Waals surface area contributed by atoms with Gasteiger partial charge in [-0.1, -0.05) is 35.9 Å². The first-order chi connectivity index (χ1) is 19.9. The van der Waals surface area contributed by atoms with Crippen molar-refractivity contribution in [3.8, 4) is 5.75 Å². The number of nitrogens with zero attached hydrogens (tertiary/aromatic N) is 4. The quantitative estimate of drug-likeness (QED) is 0.349. The number of hydrogen-bond acceptors (Lipinski definition) is 5. The molecule has 212 valence electrons. The third-order valence-corrected chi connectivity index (χ3v) is 8.01. The highest BCUT2D eigenvalue weighted by atomic mass is 19.1. The van der Waals surface area contributed by atoms with E-state index in [0.717, 1.165) is 59.2 Å². The molecule has 0 spiro atoms. The number of carbonyl (C=O) groups excluding carboxylic acids is 1. The molecule has 5 aliphatic rings. The Balaban J connectivity index is 1.39. The number of aromatic nitrogens is 3. The van der Waals surface area contributed by atoms with Gasteiger partial charge in [-0.2, -0.15) is 0 Å². The Hall–Kier alpha value is -4.34. The summed E-state index contributed by atoms with van der Waals surface area (Å²) < 4.78 is 37.5. The molecule has 1 unspecified atom stereocenters. The second-order valence-corrected chi connectivity index (χ2v) is 10.7. The predicted molar refractivity (Wildman–Crippen MR) is 147 cm³/mol. The molecule has 6 heterocycles. The lowest BCUT2D eigenvalue weighted by molar-refractivity contribution is -0.137. The molecule has 41 heavy (non-hydrogen) atoms. The van der Waals surface area contributed by atoms with E-state index >= 15 is 8.78 Å². The molecule has 10 heteroatoms. The first-order valence-corrected chi connectivity index (χ1v) is 13.9. The highest BCUT2D eigenvalue weighted by Gasteiger charge is 2.28. The van der Waals surface area contributed by atoms with Crippen LogP contribution in [0.2, 0.25) is 0 Å². The first kappa shape index (κ1) is 26.9. The number of ether oxygens (including phenoxy) is 1. The molecule has 0 saturated heterocycles. The molecule has 1 aromatic heterocycles. The first-order valence-electron chi connectivity index (χ1n) is 13.9. The van der Waals surface area contributed by atoms with Crippen LogP contribution in [-0.2, 0) is 24.3 Å². The molecule has 9 bridgehead atoms. The van der Waals surface area contributed by atoms with Gasteiger partial charge in [0.2, 0.25) is 0 Å². The Labute approximate surface area is 235 Å². The second-order valence-electron chi connectivity index (χ2n) is 10.7. The lowest BCUT2D eigenvalue weighted by atomic mass is 9.85. The van der Waals surface area contributed by atoms with Gasteiger partial charge in [0.25, 0.3) is 5.91 Å². The molecule has 0 aliphatic carbocycles. The van der Waals surface area contributed by atoms with Crippen LogP contribution in [0.3, 0.4) is 0 Å². The van der Waals surface area contributed by atoms with Crippen molar-refractivity contribution in [1.82, 2.24) is 19.9 Å². The monoisotopic (exact) mass is 560 g/mol. The summed E-state index contributed by atoms with van der Waals surface area (Å²) in [6.45, 7) is 1.46. The van der Waals surface area contributed by atoms with Gasteiger partial charge in [0.1, 0.15) is 28.5 Å². The van der Waals surface area contributed by atoms with Crippen molar-refractivity contribution in [2.75, 3.05) is 13.2 Å². The van der Waals surface area contributed by atoms with Crippen LogP contribution in [0.4, 0.5) is 8.78 Å². The van der Waals surface area contributed by atoms with Crippen LogP contribution in [-0.4, -0.2) is 50.0 Å². The van der Waals surface area contributed by atoms with Crippen LogP contribution in [0.1, 0.15) is 70.6 Å². The molecule has 3 aromatic carbocycles. The third kappa shape index (κ3) is 5.51. The standard InChI is InChI=1S/C31H30F2N4O4/c32-25-15-23-16-26(33)30(25)31(40)36-11-9-19-5-6-20(13-22(19)18-36)24(17-29(38)39)21-7-8-28-27(14-21)34-35-37(28)10-3-1-2-4-12-41-23/h5-8,13-16,24H,1-4,9-12,17-18H2,(H,38,39). The van der Waals surface area contributed by atoms with E-state index in [9.17, 15) is 14.7 Å². The van der Waals surface area contributed by atoms with Crippen molar-refractivity contribution in [2.24, 2.45) is 0 Å². The zero-order valence-electron chi connectivity index (χ0n) is 22.5. The highest BCUT2D eigenvalue weighted by molar-refractivity contribution is 5.95. The minimum atomic E-state index is -0.952. The van der Waals surface area contributed by atoms with E-state index in [4.69, 9.17) is 4.74 Å². The van der Waals surface area contributed by atoms with Gasteiger partial charge in [0, 0.05) is 37.7 Å². The number of rotatable bonds is 2. The molecule has 1 amide bonds. The van der Waals surface area contributed by atoms with Crippen molar-refractivity contribution >= 4 is 22.9 Å². The maximum atomic E-state index is 15.0. The molecule has 1 N–H and O–H groups in total. The van der Waals surface area contributed by atoms with Crippen molar-refractivity contribution in [1.29, 1.82) is 0 Å². The number of hydrogen-bond donors (Lipinski definition) is 1. The van der Waals surface area contributed by atoms with E-state index in [1.165, 1.54) is 4.90 Å². The Bertz CT molecular complexity index is 1610. The fourth-order valence-electron chi connectivity index (χ4n) is 5.84. The molecular formula is C31H30F2N4O4. The van der Waals surface area contributed by atoms with Crippen LogP contribution >= 0.6 is 0 Å². The Morgan fingerprint density at radius 2 is 1.71 bits per heavy atom. The van der Waals surface area contributed by atoms with Crippen molar-refractivity contribution in [3.05, 3.63) is 88.0 Å². The maximum absolute atomic E-state index is 15.0. The lowest BCUT2D eigenvalue weighted by Gasteiger charge is -2.30. The molecule has 0 saturated carbocycles. The third-order valence-electron chi connectivity index (χ3n) is 8.01. The van der Waals surface area contributed by atoms with Crippen LogP contribution in [0.15, 0.2) is 48.5 Å². The smallest absolute Gasteiger partial charge is 0.304 e. The van der Waals surface area contributed by atoms with E-state index in [-0.39, 0.29) is 18.7 Å². The van der Waals surface area contributed by atoms with E-state index in [0.29, 0.717) is 38.1 Å². The molecule has 5 aliphatic heterocycles. The fourth-order valence-corrected chi connectivity index (χ4v) is 5.84. The van der Waals surface area contributed by atoms with E-state index in [1.54, 1.807) is 0 Å². The molecule has 8 nitrogen and oxygen atoms in total. The minimum Gasteiger partial charge on any atom is -0.493 e. The average Bonchev–Trinajstić information content (AvgIpc) is 3.36. The van der Waals surface area contributed by atoms with Crippen LogP contribution in [0.5, 0.6) is 5.75 Å². The summed E-state index contributed by atoms with van der Waals surface area (Å²) in [6, 6.07) is 13.7. The van der Waals surface area contributed by atoms with E-state index in [2.05, 4.69) is 10.3 Å². The zero-order chi connectivity index (χ0) is 28.5. The van der Waals surface area contributed by atoms with E-state index in [1.807, 2.05) is 41.1 Å². The fraction of sp³-hybridized carbons (Fsp3) is 0.355. The summed E-state index contributed by atoms with van der Waals surface area (Å²) >= 11 is 0. The summed E-state index contributed by atoms with van der Waals surface area (Å²) in [4.78, 5) is 26.6. The van der Waals surface area contributed by atoms with Crippen molar-refractivity contribution in [3.63, 3.8) is 0 Å². The SMILES string of the molecule is O=C(O)CC1c2ccc3c(c2)CN(CC3)C(=O)c2c(F)cc(cc2F)OCCCCCCn2nnc3cc1ccc32. The van der Waals surface area contributed by atoms with Gasteiger partial charge in [-0.05, 0) is 60.1 Å². The number of aliphatic carboxylic acids is 1. The van der Waals surface area contributed by atoms with Crippen molar-refractivity contribution in [2.45, 2.75) is 57.5 Å². The normalized spacial score (nSPS) is 17.9. The van der Waals surface area contributed by atoms with Gasteiger partial charge in [0.05, 0.1) is 18.5 Å². The van der Waals surface area contributed by atoms with Gasteiger partial charge < -0.3 is 14.7 Å². The molecule has 0 fully saturated rings. The number of halogens is 2. The van der Waals surface area contributed by atoms with Gasteiger partial charge >= 0.3 is 5.97 Å². The number of carboxylic acid groups (broad SMARTS) is 1. The average molecular weight is 561 g/mol. The molecule has 9 rings (SSSR count). The molecule has 4 aromatic rings. The zero-order valence-corrected chi connectivity index (χ0v) is 22.5. The van der Waals surface area contributed by atoms with Gasteiger partial charge in [-0.3, -0.25) is 9.59 Å². The maximum Gasteiger partial charge on any atom is 0.304 e. The number of benzene rings is 3. The number of aryl methyl sites for hydroxylation is 1. The minimum absolute atomic E-state index is 0.0568. The van der Waals surface area contributed by atoms with Crippen LogP contribution in [0, 0.1) is 11.6 Å². The number of carbonyl (C=O) groups is 2. The predicted octanol–water partition coefficient (Wildman–Crippen LogP) is 5.47. The summed E-state index contributed by atoms with van der Waals surface area (Å²) in [7, 11) is 0. The lowest BCUT2D eigenvalue weighted by Crippen LogP contribution is -2.37. The Kier molecular flexibility index (Phi) is 7.38. The highest BCUT2D eigenvalue weighted by Crippen LogP contribution is 2.33. The van der Waals surface area contributed by atoms with Gasteiger partial charge in [0.15, 0.2) is 0 Å². The summed E-state index contributed by atoms with van der Waals surface area (Å²) in [6.07, 6.45) is 3.74. The Morgan fingerprint density at radius 3 is 2.51 bits per heavy atom.